The van der Waals surface area contributed by atoms with Crippen molar-refractivity contribution in [3.63, 3.8) is 0 Å². The summed E-state index contributed by atoms with van der Waals surface area (Å²) in [4.78, 5) is 0. The van der Waals surface area contributed by atoms with Crippen LogP contribution in [0.1, 0.15) is 39.5 Å². The molecule has 0 saturated carbocycles. The molecule has 0 radical (unpaired) electrons. The SMILES string of the molecule is CCCCS(=O)(=O)/C=C1\SC=C(S(=O)(=O)CCCC)S1. The molecule has 0 N–H and O–H groups in total. The Hall–Kier alpha value is 0.0800. The molecule has 8 heteroatoms. The highest BCUT2D eigenvalue weighted by atomic mass is 32.3. The molecule has 0 spiro atoms. The Morgan fingerprint density at radius 3 is 2.25 bits per heavy atom. The van der Waals surface area contributed by atoms with Crippen molar-refractivity contribution in [2.75, 3.05) is 11.5 Å². The maximum Gasteiger partial charge on any atom is 0.185 e. The summed E-state index contributed by atoms with van der Waals surface area (Å²) >= 11 is 2.22. The summed E-state index contributed by atoms with van der Waals surface area (Å²) < 4.78 is 48.4. The summed E-state index contributed by atoms with van der Waals surface area (Å²) in [7, 11) is -6.50. The van der Waals surface area contributed by atoms with E-state index in [0.717, 1.165) is 24.6 Å². The Kier molecular flexibility index (Phi) is 7.17. The van der Waals surface area contributed by atoms with Gasteiger partial charge in [0.1, 0.15) is 4.24 Å². The number of hydrogen-bond donors (Lipinski definition) is 0. The second-order valence-electron chi connectivity index (χ2n) is 4.49. The third-order valence-corrected chi connectivity index (χ3v) is 9.10. The fourth-order valence-corrected chi connectivity index (χ4v) is 7.96. The smallest absolute Gasteiger partial charge is 0.185 e. The van der Waals surface area contributed by atoms with Gasteiger partial charge in [-0.2, -0.15) is 0 Å². The van der Waals surface area contributed by atoms with Crippen LogP contribution in [0.5, 0.6) is 0 Å². The van der Waals surface area contributed by atoms with E-state index in [1.165, 1.54) is 22.6 Å². The van der Waals surface area contributed by atoms with Crippen LogP contribution in [0.2, 0.25) is 0 Å². The third kappa shape index (κ3) is 5.83. The predicted molar refractivity (Wildman–Crippen MR) is 88.7 cm³/mol. The molecule has 0 aromatic carbocycles. The van der Waals surface area contributed by atoms with Gasteiger partial charge in [0.25, 0.3) is 0 Å². The topological polar surface area (TPSA) is 68.3 Å². The van der Waals surface area contributed by atoms with Crippen molar-refractivity contribution in [2.45, 2.75) is 39.5 Å². The molecule has 0 unspecified atom stereocenters. The molecule has 0 bridgehead atoms. The van der Waals surface area contributed by atoms with Crippen LogP contribution in [0.3, 0.4) is 0 Å². The van der Waals surface area contributed by atoms with Gasteiger partial charge in [-0.1, -0.05) is 50.2 Å². The summed E-state index contributed by atoms with van der Waals surface area (Å²) in [6.07, 6.45) is 2.88. The van der Waals surface area contributed by atoms with Gasteiger partial charge < -0.3 is 0 Å². The number of unbranched alkanes of at least 4 members (excludes halogenated alkanes) is 2. The maximum absolute atomic E-state index is 12.0. The summed E-state index contributed by atoms with van der Waals surface area (Å²) in [6, 6.07) is 0. The normalized spacial score (nSPS) is 18.5. The number of sulfone groups is 2. The zero-order valence-electron chi connectivity index (χ0n) is 11.7. The summed E-state index contributed by atoms with van der Waals surface area (Å²) in [5.74, 6) is 0.241. The lowest BCUT2D eigenvalue weighted by atomic mass is 10.4. The predicted octanol–water partition coefficient (Wildman–Crippen LogP) is 3.49. The van der Waals surface area contributed by atoms with Gasteiger partial charge in [0.05, 0.1) is 21.2 Å². The third-order valence-electron chi connectivity index (χ3n) is 2.60. The summed E-state index contributed by atoms with van der Waals surface area (Å²) in [6.45, 7) is 3.87. The molecule has 0 aliphatic carbocycles. The second kappa shape index (κ2) is 7.91. The van der Waals surface area contributed by atoms with Crippen LogP contribution in [0.15, 0.2) is 19.3 Å². The molecule has 4 nitrogen and oxygen atoms in total. The van der Waals surface area contributed by atoms with Gasteiger partial charge in [0.15, 0.2) is 19.7 Å². The van der Waals surface area contributed by atoms with E-state index in [1.807, 2.05) is 13.8 Å². The first-order chi connectivity index (χ1) is 9.30. The zero-order valence-corrected chi connectivity index (χ0v) is 14.9. The van der Waals surface area contributed by atoms with Crippen molar-refractivity contribution in [1.82, 2.24) is 0 Å². The minimum atomic E-state index is -3.26. The minimum absolute atomic E-state index is 0.117. The molecule has 0 atom stereocenters. The highest BCUT2D eigenvalue weighted by Gasteiger charge is 2.25. The quantitative estimate of drug-likeness (QED) is 0.663. The van der Waals surface area contributed by atoms with E-state index in [0.29, 0.717) is 17.1 Å². The Balaban J connectivity index is 2.71. The fraction of sp³-hybridized carbons (Fsp3) is 0.667. The average Bonchev–Trinajstić information content (AvgIpc) is 2.82. The molecule has 1 aliphatic heterocycles. The lowest BCUT2D eigenvalue weighted by molar-refractivity contribution is 0.599. The van der Waals surface area contributed by atoms with Crippen LogP contribution in [0, 0.1) is 0 Å². The van der Waals surface area contributed by atoms with Crippen LogP contribution >= 0.6 is 23.5 Å². The van der Waals surface area contributed by atoms with E-state index >= 15 is 0 Å². The minimum Gasteiger partial charge on any atom is -0.224 e. The molecule has 0 amide bonds. The first kappa shape index (κ1) is 18.1. The first-order valence-corrected chi connectivity index (χ1v) is 11.6. The molecule has 0 aromatic rings. The summed E-state index contributed by atoms with van der Waals surface area (Å²) in [5.41, 5.74) is 0. The van der Waals surface area contributed by atoms with Gasteiger partial charge in [-0.05, 0) is 12.8 Å². The van der Waals surface area contributed by atoms with Crippen LogP contribution < -0.4 is 0 Å². The zero-order chi connectivity index (χ0) is 15.2. The van der Waals surface area contributed by atoms with Gasteiger partial charge in [-0.15, -0.1) is 0 Å². The molecule has 116 valence electrons. The molecule has 1 rings (SSSR count). The van der Waals surface area contributed by atoms with E-state index in [-0.39, 0.29) is 15.7 Å². The van der Waals surface area contributed by atoms with Crippen molar-refractivity contribution in [1.29, 1.82) is 0 Å². The van der Waals surface area contributed by atoms with Gasteiger partial charge >= 0.3 is 0 Å². The summed E-state index contributed by atoms with van der Waals surface area (Å²) in [5, 5.41) is 2.74. The van der Waals surface area contributed by atoms with E-state index in [4.69, 9.17) is 0 Å². The van der Waals surface area contributed by atoms with E-state index in [1.54, 1.807) is 0 Å². The lowest BCUT2D eigenvalue weighted by Crippen LogP contribution is -2.06. The maximum atomic E-state index is 12.0. The molecule has 20 heavy (non-hydrogen) atoms. The highest BCUT2D eigenvalue weighted by Crippen LogP contribution is 2.46. The van der Waals surface area contributed by atoms with Crippen molar-refractivity contribution < 1.29 is 16.8 Å². The molecule has 1 aliphatic rings. The molecule has 0 aromatic heterocycles. The van der Waals surface area contributed by atoms with E-state index in [9.17, 15) is 16.8 Å². The van der Waals surface area contributed by atoms with Crippen LogP contribution in [0.25, 0.3) is 0 Å². The molecule has 0 saturated heterocycles. The molecular weight excluding hydrogens is 336 g/mol. The van der Waals surface area contributed by atoms with E-state index < -0.39 is 19.7 Å². The Morgan fingerprint density at radius 2 is 1.65 bits per heavy atom. The number of thioether (sulfide) groups is 2. The first-order valence-electron chi connectivity index (χ1n) is 6.52. The van der Waals surface area contributed by atoms with Crippen molar-refractivity contribution >= 4 is 43.2 Å². The van der Waals surface area contributed by atoms with Crippen molar-refractivity contribution in [2.24, 2.45) is 0 Å². The fourth-order valence-electron chi connectivity index (χ4n) is 1.43. The van der Waals surface area contributed by atoms with Crippen molar-refractivity contribution in [3.8, 4) is 0 Å². The van der Waals surface area contributed by atoms with Gasteiger partial charge in [0.2, 0.25) is 0 Å². The monoisotopic (exact) mass is 356 g/mol. The van der Waals surface area contributed by atoms with E-state index in [2.05, 4.69) is 0 Å². The lowest BCUT2D eigenvalue weighted by Gasteiger charge is -2.03. The van der Waals surface area contributed by atoms with Crippen molar-refractivity contribution in [3.05, 3.63) is 19.3 Å². The van der Waals surface area contributed by atoms with Gasteiger partial charge in [-0.3, -0.25) is 0 Å². The standard InChI is InChI=1S/C12H20O4S4/c1-3-5-7-19(13,14)10-11-17-9-12(18-11)20(15,16)8-6-4-2/h9-10H,3-8H2,1-2H3/b11-10+. The Bertz CT molecular complexity index is 585. The molecule has 1 heterocycles. The van der Waals surface area contributed by atoms with Crippen LogP contribution in [-0.4, -0.2) is 28.3 Å². The number of hydrogen-bond acceptors (Lipinski definition) is 6. The second-order valence-corrected chi connectivity index (χ2v) is 11.0. The molecular formula is C12H20O4S4. The Labute approximate surface area is 130 Å². The Morgan fingerprint density at radius 1 is 1.05 bits per heavy atom. The average molecular weight is 357 g/mol. The van der Waals surface area contributed by atoms with Crippen LogP contribution in [0.4, 0.5) is 0 Å². The molecule has 0 fully saturated rings. The van der Waals surface area contributed by atoms with Gasteiger partial charge in [0, 0.05) is 5.41 Å². The number of rotatable bonds is 8. The van der Waals surface area contributed by atoms with Gasteiger partial charge in [-0.25, -0.2) is 16.8 Å². The highest BCUT2D eigenvalue weighted by molar-refractivity contribution is 8.34. The van der Waals surface area contributed by atoms with Crippen LogP contribution in [-0.2, 0) is 19.7 Å². The largest absolute Gasteiger partial charge is 0.224 e.